The van der Waals surface area contributed by atoms with Gasteiger partial charge in [-0.3, -0.25) is 19.5 Å². The first-order valence-electron chi connectivity index (χ1n) is 11.7. The van der Waals surface area contributed by atoms with Gasteiger partial charge in [0.15, 0.2) is 5.16 Å². The van der Waals surface area contributed by atoms with Gasteiger partial charge in [-0.25, -0.2) is 4.79 Å². The predicted octanol–water partition coefficient (Wildman–Crippen LogP) is 3.10. The third-order valence-corrected chi connectivity index (χ3v) is 6.46. The lowest BCUT2D eigenvalue weighted by atomic mass is 10.1. The number of anilines is 1. The summed E-state index contributed by atoms with van der Waals surface area (Å²) in [6.07, 6.45) is 1.38. The van der Waals surface area contributed by atoms with Crippen LogP contribution in [0.5, 0.6) is 5.75 Å². The van der Waals surface area contributed by atoms with Gasteiger partial charge in [-0.15, -0.1) is 10.2 Å². The summed E-state index contributed by atoms with van der Waals surface area (Å²) >= 11 is 1.25. The number of aryl methyl sites for hydroxylation is 1. The first-order valence-corrected chi connectivity index (χ1v) is 12.7. The summed E-state index contributed by atoms with van der Waals surface area (Å²) in [6, 6.07) is 14.3. The quantitative estimate of drug-likeness (QED) is 0.359. The molecule has 1 atom stereocenters. The Morgan fingerprint density at radius 2 is 1.86 bits per heavy atom. The van der Waals surface area contributed by atoms with Gasteiger partial charge in [0.1, 0.15) is 11.6 Å². The topological polar surface area (TPSA) is 127 Å². The summed E-state index contributed by atoms with van der Waals surface area (Å²) in [6.45, 7) is 4.55. The van der Waals surface area contributed by atoms with Crippen LogP contribution in [0.15, 0.2) is 53.7 Å². The van der Waals surface area contributed by atoms with E-state index in [1.165, 1.54) is 17.3 Å². The molecule has 2 aromatic carbocycles. The summed E-state index contributed by atoms with van der Waals surface area (Å²) in [4.78, 5) is 36.2. The molecule has 1 fully saturated rings. The number of nitrogens with zero attached hydrogens (tertiary/aromatic N) is 3. The fourth-order valence-corrected chi connectivity index (χ4v) is 4.58. The van der Waals surface area contributed by atoms with Gasteiger partial charge in [0.25, 0.3) is 0 Å². The highest BCUT2D eigenvalue weighted by Crippen LogP contribution is 2.25. The molecular weight excluding hydrogens is 480 g/mol. The minimum atomic E-state index is -0.526. The van der Waals surface area contributed by atoms with Crippen molar-refractivity contribution < 1.29 is 19.1 Å². The zero-order valence-corrected chi connectivity index (χ0v) is 20.9. The van der Waals surface area contributed by atoms with E-state index < -0.39 is 12.1 Å². The maximum atomic E-state index is 12.6. The fourth-order valence-electron chi connectivity index (χ4n) is 3.81. The molecule has 3 N–H and O–H groups in total. The number of rotatable bonds is 10. The Morgan fingerprint density at radius 1 is 1.11 bits per heavy atom. The van der Waals surface area contributed by atoms with Gasteiger partial charge in [-0.2, -0.15) is 0 Å². The maximum absolute atomic E-state index is 12.6. The lowest BCUT2D eigenvalue weighted by Crippen LogP contribution is -2.53. The number of aromatic nitrogens is 3. The molecule has 10 nitrogen and oxygen atoms in total. The standard InChI is InChI=1S/C25H28N6O4S/c1-3-16-5-7-17(8-6-16)26-23(33)15-36-25-30-29-21(13-18-14-22(32)28-24(34)27-18)31(25)19-9-11-20(12-10-19)35-4-2/h5-12,18H,3-4,13-15H2,1-2H3,(H,26,33)(H2,27,28,32,34). The van der Waals surface area contributed by atoms with E-state index in [9.17, 15) is 14.4 Å². The van der Waals surface area contributed by atoms with Crippen molar-refractivity contribution in [2.24, 2.45) is 0 Å². The molecule has 0 spiro atoms. The third-order valence-electron chi connectivity index (χ3n) is 5.53. The van der Waals surface area contributed by atoms with Gasteiger partial charge >= 0.3 is 6.03 Å². The van der Waals surface area contributed by atoms with Crippen molar-refractivity contribution in [2.75, 3.05) is 17.7 Å². The molecule has 11 heteroatoms. The molecule has 1 aliphatic heterocycles. The van der Waals surface area contributed by atoms with Gasteiger partial charge in [0.2, 0.25) is 11.8 Å². The molecule has 188 valence electrons. The largest absolute Gasteiger partial charge is 0.494 e. The summed E-state index contributed by atoms with van der Waals surface area (Å²) in [5, 5.41) is 17.0. The van der Waals surface area contributed by atoms with Crippen LogP contribution in [0.3, 0.4) is 0 Å². The van der Waals surface area contributed by atoms with Crippen LogP contribution < -0.4 is 20.7 Å². The highest BCUT2D eigenvalue weighted by molar-refractivity contribution is 7.99. The number of carbonyl (C=O) groups excluding carboxylic acids is 3. The first kappa shape index (κ1) is 25.2. The molecule has 0 bridgehead atoms. The van der Waals surface area contributed by atoms with Crippen molar-refractivity contribution >= 4 is 35.3 Å². The Balaban J connectivity index is 1.52. The molecule has 1 aromatic heterocycles. The van der Waals surface area contributed by atoms with Crippen molar-refractivity contribution in [3.8, 4) is 11.4 Å². The average Bonchev–Trinajstić information content (AvgIpc) is 3.25. The molecule has 1 saturated heterocycles. The van der Waals surface area contributed by atoms with E-state index in [4.69, 9.17) is 4.74 Å². The van der Waals surface area contributed by atoms with Crippen molar-refractivity contribution in [1.29, 1.82) is 0 Å². The van der Waals surface area contributed by atoms with E-state index >= 15 is 0 Å². The van der Waals surface area contributed by atoms with E-state index in [0.29, 0.717) is 24.0 Å². The Labute approximate surface area is 213 Å². The van der Waals surface area contributed by atoms with Gasteiger partial charge in [0.05, 0.1) is 12.4 Å². The highest BCUT2D eigenvalue weighted by atomic mass is 32.2. The molecule has 3 aromatic rings. The van der Waals surface area contributed by atoms with Crippen LogP contribution in [0.4, 0.5) is 10.5 Å². The Kier molecular flexibility index (Phi) is 8.21. The number of urea groups is 1. The molecule has 1 aliphatic rings. The normalized spacial score (nSPS) is 15.2. The van der Waals surface area contributed by atoms with E-state index in [-0.39, 0.29) is 24.0 Å². The monoisotopic (exact) mass is 508 g/mol. The van der Waals surface area contributed by atoms with E-state index in [1.54, 1.807) is 0 Å². The molecule has 0 radical (unpaired) electrons. The highest BCUT2D eigenvalue weighted by Gasteiger charge is 2.27. The minimum Gasteiger partial charge on any atom is -0.494 e. The van der Waals surface area contributed by atoms with Gasteiger partial charge < -0.3 is 15.4 Å². The van der Waals surface area contributed by atoms with Crippen LogP contribution in [0.2, 0.25) is 0 Å². The van der Waals surface area contributed by atoms with Gasteiger partial charge in [0, 0.05) is 30.3 Å². The third kappa shape index (κ3) is 6.42. The number of benzene rings is 2. The number of thioether (sulfide) groups is 1. The van der Waals surface area contributed by atoms with E-state index in [2.05, 4.69) is 33.1 Å². The Morgan fingerprint density at radius 3 is 2.53 bits per heavy atom. The van der Waals surface area contributed by atoms with E-state index in [0.717, 1.165) is 23.5 Å². The lowest BCUT2D eigenvalue weighted by Gasteiger charge is -2.23. The van der Waals surface area contributed by atoms with Crippen LogP contribution in [0.1, 0.15) is 31.7 Å². The summed E-state index contributed by atoms with van der Waals surface area (Å²) in [5.41, 5.74) is 2.71. The van der Waals surface area contributed by atoms with Gasteiger partial charge in [-0.1, -0.05) is 30.8 Å². The summed E-state index contributed by atoms with van der Waals surface area (Å²) in [7, 11) is 0. The Bertz CT molecular complexity index is 1210. The number of hydrogen-bond acceptors (Lipinski definition) is 7. The SMILES string of the molecule is CCOc1ccc(-n2c(CC3CC(=O)NC(=O)N3)nnc2SCC(=O)Nc2ccc(CC)cc2)cc1. The Hall–Kier alpha value is -3.86. The van der Waals surface area contributed by atoms with Crippen molar-refractivity contribution in [3.63, 3.8) is 0 Å². The molecule has 0 saturated carbocycles. The van der Waals surface area contributed by atoms with Crippen molar-refractivity contribution in [2.45, 2.75) is 44.3 Å². The minimum absolute atomic E-state index is 0.132. The van der Waals surface area contributed by atoms with Crippen molar-refractivity contribution in [1.82, 2.24) is 25.4 Å². The van der Waals surface area contributed by atoms with Crippen LogP contribution >= 0.6 is 11.8 Å². The van der Waals surface area contributed by atoms with Gasteiger partial charge in [-0.05, 0) is 55.3 Å². The zero-order valence-electron chi connectivity index (χ0n) is 20.1. The molecule has 2 heterocycles. The number of imide groups is 1. The average molecular weight is 509 g/mol. The number of carbonyl (C=O) groups is 3. The second-order valence-electron chi connectivity index (χ2n) is 8.18. The number of nitrogens with one attached hydrogen (secondary N) is 3. The summed E-state index contributed by atoms with van der Waals surface area (Å²) < 4.78 is 7.38. The number of amides is 4. The predicted molar refractivity (Wildman–Crippen MR) is 136 cm³/mol. The van der Waals surface area contributed by atoms with Crippen LogP contribution in [-0.4, -0.2) is 51.0 Å². The smallest absolute Gasteiger partial charge is 0.321 e. The molecule has 4 amide bonds. The fraction of sp³-hybridized carbons (Fsp3) is 0.320. The molecule has 1 unspecified atom stereocenters. The molecule has 4 rings (SSSR count). The molecule has 36 heavy (non-hydrogen) atoms. The number of hydrogen-bond donors (Lipinski definition) is 3. The first-order chi connectivity index (χ1) is 17.4. The molecule has 0 aliphatic carbocycles. The lowest BCUT2D eigenvalue weighted by molar-refractivity contribution is -0.121. The zero-order chi connectivity index (χ0) is 25.5. The summed E-state index contributed by atoms with van der Waals surface area (Å²) in [5.74, 6) is 0.928. The van der Waals surface area contributed by atoms with Crippen LogP contribution in [0.25, 0.3) is 5.69 Å². The second kappa shape index (κ2) is 11.7. The second-order valence-corrected chi connectivity index (χ2v) is 9.12. The maximum Gasteiger partial charge on any atom is 0.321 e. The van der Waals surface area contributed by atoms with Crippen LogP contribution in [0, 0.1) is 0 Å². The van der Waals surface area contributed by atoms with E-state index in [1.807, 2.05) is 60.0 Å². The van der Waals surface area contributed by atoms with Crippen molar-refractivity contribution in [3.05, 3.63) is 59.9 Å². The number of ether oxygens (including phenoxy) is 1. The molecular formula is C25H28N6O4S. The van der Waals surface area contributed by atoms with Crippen LogP contribution in [-0.2, 0) is 22.4 Å².